The van der Waals surface area contributed by atoms with Gasteiger partial charge in [-0.25, -0.2) is 9.97 Å². The first-order valence-electron chi connectivity index (χ1n) is 5.24. The van der Waals surface area contributed by atoms with Crippen molar-refractivity contribution < 1.29 is 4.79 Å². The SMILES string of the molecule is CN[C@@H]1CCN(c2ncc(C(N)=O)cn2)C1. The zero-order valence-electron chi connectivity index (χ0n) is 9.18. The van der Waals surface area contributed by atoms with E-state index in [2.05, 4.69) is 20.2 Å². The molecule has 0 aromatic carbocycles. The van der Waals surface area contributed by atoms with E-state index in [9.17, 15) is 4.79 Å². The maximum atomic E-state index is 10.9. The lowest BCUT2D eigenvalue weighted by atomic mass is 10.3. The van der Waals surface area contributed by atoms with Crippen molar-refractivity contribution in [2.24, 2.45) is 5.73 Å². The van der Waals surface area contributed by atoms with E-state index in [-0.39, 0.29) is 0 Å². The third-order valence-electron chi connectivity index (χ3n) is 2.80. The lowest BCUT2D eigenvalue weighted by molar-refractivity contribution is 0.0999. The Labute approximate surface area is 93.9 Å². The Morgan fingerprint density at radius 3 is 2.75 bits per heavy atom. The van der Waals surface area contributed by atoms with Crippen LogP contribution in [0.2, 0.25) is 0 Å². The number of carbonyl (C=O) groups is 1. The third-order valence-corrected chi connectivity index (χ3v) is 2.80. The minimum absolute atomic E-state index is 0.341. The average molecular weight is 221 g/mol. The van der Waals surface area contributed by atoms with E-state index in [0.29, 0.717) is 17.6 Å². The highest BCUT2D eigenvalue weighted by atomic mass is 16.1. The maximum Gasteiger partial charge on any atom is 0.251 e. The molecule has 6 nitrogen and oxygen atoms in total. The van der Waals surface area contributed by atoms with Crippen LogP contribution in [0.25, 0.3) is 0 Å². The number of nitrogens with zero attached hydrogens (tertiary/aromatic N) is 3. The van der Waals surface area contributed by atoms with E-state index in [1.54, 1.807) is 0 Å². The van der Waals surface area contributed by atoms with Crippen LogP contribution < -0.4 is 16.0 Å². The van der Waals surface area contributed by atoms with Gasteiger partial charge in [-0.05, 0) is 13.5 Å². The number of hydrogen-bond acceptors (Lipinski definition) is 5. The van der Waals surface area contributed by atoms with Crippen molar-refractivity contribution in [2.75, 3.05) is 25.0 Å². The first-order valence-corrected chi connectivity index (χ1v) is 5.24. The highest BCUT2D eigenvalue weighted by Gasteiger charge is 2.22. The summed E-state index contributed by atoms with van der Waals surface area (Å²) in [7, 11) is 1.95. The summed E-state index contributed by atoms with van der Waals surface area (Å²) in [6.45, 7) is 1.83. The Morgan fingerprint density at radius 2 is 2.25 bits per heavy atom. The van der Waals surface area contributed by atoms with Crippen LogP contribution in [0.3, 0.4) is 0 Å². The molecule has 0 aliphatic carbocycles. The van der Waals surface area contributed by atoms with Crippen LogP contribution in [0.4, 0.5) is 5.95 Å². The van der Waals surface area contributed by atoms with Crippen molar-refractivity contribution in [3.63, 3.8) is 0 Å². The first-order chi connectivity index (χ1) is 7.70. The highest BCUT2D eigenvalue weighted by molar-refractivity contribution is 5.92. The van der Waals surface area contributed by atoms with Crippen molar-refractivity contribution in [3.8, 4) is 0 Å². The predicted molar refractivity (Wildman–Crippen MR) is 60.2 cm³/mol. The van der Waals surface area contributed by atoms with E-state index in [1.807, 2.05) is 7.05 Å². The number of aromatic nitrogens is 2. The molecule has 16 heavy (non-hydrogen) atoms. The Bertz CT molecular complexity index is 377. The molecule has 2 heterocycles. The van der Waals surface area contributed by atoms with Crippen molar-refractivity contribution in [3.05, 3.63) is 18.0 Å². The molecule has 86 valence electrons. The topological polar surface area (TPSA) is 84.1 Å². The van der Waals surface area contributed by atoms with Crippen LogP contribution in [0.5, 0.6) is 0 Å². The standard InChI is InChI=1S/C10H15N5O/c1-12-8-2-3-15(6-8)10-13-4-7(5-14-10)9(11)16/h4-5,8,12H,2-3,6H2,1H3,(H2,11,16)/t8-/m1/s1. The summed E-state index contributed by atoms with van der Waals surface area (Å²) < 4.78 is 0. The van der Waals surface area contributed by atoms with Gasteiger partial charge in [0.1, 0.15) is 0 Å². The number of primary amides is 1. The van der Waals surface area contributed by atoms with Gasteiger partial charge in [0.2, 0.25) is 5.95 Å². The number of nitrogens with one attached hydrogen (secondary N) is 1. The fourth-order valence-electron chi connectivity index (χ4n) is 1.79. The number of hydrogen-bond donors (Lipinski definition) is 2. The van der Waals surface area contributed by atoms with Crippen LogP contribution in [-0.2, 0) is 0 Å². The van der Waals surface area contributed by atoms with E-state index in [1.165, 1.54) is 12.4 Å². The van der Waals surface area contributed by atoms with E-state index >= 15 is 0 Å². The molecule has 1 aliphatic heterocycles. The summed E-state index contributed by atoms with van der Waals surface area (Å²) >= 11 is 0. The van der Waals surface area contributed by atoms with Crippen LogP contribution >= 0.6 is 0 Å². The van der Waals surface area contributed by atoms with Gasteiger partial charge in [0, 0.05) is 31.5 Å². The molecule has 1 aromatic rings. The van der Waals surface area contributed by atoms with Gasteiger partial charge in [0.05, 0.1) is 5.56 Å². The third kappa shape index (κ3) is 2.11. The Balaban J connectivity index is 2.08. The second-order valence-corrected chi connectivity index (χ2v) is 3.86. The molecule has 1 atom stereocenters. The molecule has 0 radical (unpaired) electrons. The van der Waals surface area contributed by atoms with Crippen LogP contribution in [0.1, 0.15) is 16.8 Å². The van der Waals surface area contributed by atoms with Gasteiger partial charge in [-0.2, -0.15) is 0 Å². The highest BCUT2D eigenvalue weighted by Crippen LogP contribution is 2.15. The minimum Gasteiger partial charge on any atom is -0.366 e. The summed E-state index contributed by atoms with van der Waals surface area (Å²) in [4.78, 5) is 21.2. The number of amides is 1. The van der Waals surface area contributed by atoms with Gasteiger partial charge in [-0.15, -0.1) is 0 Å². The maximum absolute atomic E-state index is 10.9. The molecule has 1 fully saturated rings. The molecule has 1 aliphatic rings. The Hall–Kier alpha value is -1.69. The second kappa shape index (κ2) is 4.44. The molecular weight excluding hydrogens is 206 g/mol. The summed E-state index contributed by atoms with van der Waals surface area (Å²) in [6, 6.07) is 0.486. The number of nitrogens with two attached hydrogens (primary N) is 1. The lowest BCUT2D eigenvalue weighted by Crippen LogP contribution is -2.30. The van der Waals surface area contributed by atoms with Gasteiger partial charge in [-0.3, -0.25) is 4.79 Å². The molecule has 6 heteroatoms. The zero-order valence-corrected chi connectivity index (χ0v) is 9.18. The summed E-state index contributed by atoms with van der Waals surface area (Å²) in [5, 5.41) is 3.22. The fraction of sp³-hybridized carbons (Fsp3) is 0.500. The van der Waals surface area contributed by atoms with Crippen LogP contribution in [-0.4, -0.2) is 42.1 Å². The number of likely N-dealkylation sites (N-methyl/N-ethyl adjacent to an activating group) is 1. The van der Waals surface area contributed by atoms with Crippen molar-refractivity contribution in [2.45, 2.75) is 12.5 Å². The monoisotopic (exact) mass is 221 g/mol. The van der Waals surface area contributed by atoms with Crippen molar-refractivity contribution >= 4 is 11.9 Å². The van der Waals surface area contributed by atoms with E-state index in [4.69, 9.17) is 5.73 Å². The molecule has 1 aromatic heterocycles. The second-order valence-electron chi connectivity index (χ2n) is 3.86. The molecule has 0 saturated carbocycles. The normalized spacial score (nSPS) is 20.1. The fourth-order valence-corrected chi connectivity index (χ4v) is 1.79. The van der Waals surface area contributed by atoms with Gasteiger partial charge in [0.15, 0.2) is 0 Å². The van der Waals surface area contributed by atoms with Crippen molar-refractivity contribution in [1.29, 1.82) is 0 Å². The smallest absolute Gasteiger partial charge is 0.251 e. The minimum atomic E-state index is -0.499. The van der Waals surface area contributed by atoms with Gasteiger partial charge in [-0.1, -0.05) is 0 Å². The number of anilines is 1. The average Bonchev–Trinajstić information content (AvgIpc) is 2.77. The molecular formula is C10H15N5O. The summed E-state index contributed by atoms with van der Waals surface area (Å²) in [6.07, 6.45) is 4.02. The predicted octanol–water partition coefficient (Wildman–Crippen LogP) is -0.626. The van der Waals surface area contributed by atoms with Crippen LogP contribution in [0, 0.1) is 0 Å². The summed E-state index contributed by atoms with van der Waals surface area (Å²) in [5.41, 5.74) is 5.46. The molecule has 3 N–H and O–H groups in total. The zero-order chi connectivity index (χ0) is 11.5. The van der Waals surface area contributed by atoms with E-state index in [0.717, 1.165) is 19.5 Å². The van der Waals surface area contributed by atoms with E-state index < -0.39 is 5.91 Å². The van der Waals surface area contributed by atoms with Gasteiger partial charge < -0.3 is 16.0 Å². The van der Waals surface area contributed by atoms with Gasteiger partial charge in [0.25, 0.3) is 5.91 Å². The van der Waals surface area contributed by atoms with Crippen molar-refractivity contribution in [1.82, 2.24) is 15.3 Å². The summed E-state index contributed by atoms with van der Waals surface area (Å²) in [5.74, 6) is 0.156. The first kappa shape index (κ1) is 10.8. The molecule has 2 rings (SSSR count). The molecule has 0 unspecified atom stereocenters. The Kier molecular flexibility index (Phi) is 3.00. The number of carbonyl (C=O) groups excluding carboxylic acids is 1. The quantitative estimate of drug-likeness (QED) is 0.710. The lowest BCUT2D eigenvalue weighted by Gasteiger charge is -2.15. The molecule has 0 bridgehead atoms. The molecule has 1 saturated heterocycles. The van der Waals surface area contributed by atoms with Gasteiger partial charge >= 0.3 is 0 Å². The largest absolute Gasteiger partial charge is 0.366 e. The number of rotatable bonds is 3. The molecule has 0 spiro atoms. The molecule has 1 amide bonds. The Morgan fingerprint density at radius 1 is 1.56 bits per heavy atom. The van der Waals surface area contributed by atoms with Crippen LogP contribution in [0.15, 0.2) is 12.4 Å².